The molecule has 0 spiro atoms. The highest BCUT2D eigenvalue weighted by molar-refractivity contribution is 7.99. The lowest BCUT2D eigenvalue weighted by Gasteiger charge is -2.25. The van der Waals surface area contributed by atoms with E-state index in [2.05, 4.69) is 17.1 Å². The maximum absolute atomic E-state index is 3.61. The maximum atomic E-state index is 3.61. The second-order valence-electron chi connectivity index (χ2n) is 4.05. The van der Waals surface area contributed by atoms with E-state index in [1.165, 1.54) is 50.8 Å². The molecule has 1 aliphatic heterocycles. The fourth-order valence-corrected chi connectivity index (χ4v) is 3.56. The molecule has 2 fully saturated rings. The Kier molecular flexibility index (Phi) is 3.35. The van der Waals surface area contributed by atoms with Gasteiger partial charge in [-0.1, -0.05) is 25.7 Å². The highest BCUT2D eigenvalue weighted by atomic mass is 32.2. The summed E-state index contributed by atoms with van der Waals surface area (Å²) in [4.78, 5) is 0. The second kappa shape index (κ2) is 4.52. The molecule has 2 rings (SSSR count). The minimum Gasteiger partial charge on any atom is -0.305 e. The van der Waals surface area contributed by atoms with E-state index in [9.17, 15) is 0 Å². The van der Waals surface area contributed by atoms with E-state index in [4.69, 9.17) is 0 Å². The minimum absolute atomic E-state index is 0.793. The zero-order valence-electron chi connectivity index (χ0n) is 7.72. The summed E-state index contributed by atoms with van der Waals surface area (Å²) in [7, 11) is 0. The summed E-state index contributed by atoms with van der Waals surface area (Å²) in [5, 5.41) is 4.40. The van der Waals surface area contributed by atoms with Crippen molar-refractivity contribution >= 4 is 11.8 Å². The standard InChI is InChI=1S/C10H19NS/c1-2-5-9(4-1)8-10-11-6-3-7-12-10/h9-11H,1-8H2. The molecular formula is C10H19NS. The van der Waals surface area contributed by atoms with Gasteiger partial charge in [0, 0.05) is 0 Å². The molecule has 1 nitrogen and oxygen atoms in total. The topological polar surface area (TPSA) is 12.0 Å². The van der Waals surface area contributed by atoms with Crippen LogP contribution in [0.1, 0.15) is 38.5 Å². The number of hydrogen-bond donors (Lipinski definition) is 1. The molecule has 1 saturated carbocycles. The van der Waals surface area contributed by atoms with E-state index < -0.39 is 0 Å². The third-order valence-corrected chi connectivity index (χ3v) is 4.32. The van der Waals surface area contributed by atoms with Crippen molar-refractivity contribution in [1.29, 1.82) is 0 Å². The highest BCUT2D eigenvalue weighted by Gasteiger charge is 2.21. The first kappa shape index (κ1) is 8.89. The fraction of sp³-hybridized carbons (Fsp3) is 1.00. The van der Waals surface area contributed by atoms with E-state index in [0.717, 1.165) is 11.3 Å². The van der Waals surface area contributed by atoms with Gasteiger partial charge in [-0.05, 0) is 31.1 Å². The molecular weight excluding hydrogens is 166 g/mol. The molecule has 1 atom stereocenters. The van der Waals surface area contributed by atoms with E-state index in [-0.39, 0.29) is 0 Å². The molecule has 0 amide bonds. The zero-order valence-corrected chi connectivity index (χ0v) is 8.54. The normalized spacial score (nSPS) is 32.5. The fourth-order valence-electron chi connectivity index (χ4n) is 2.32. The Morgan fingerprint density at radius 1 is 1.17 bits per heavy atom. The largest absolute Gasteiger partial charge is 0.305 e. The predicted octanol–water partition coefficient (Wildman–Crippen LogP) is 2.62. The second-order valence-corrected chi connectivity index (χ2v) is 5.36. The molecule has 0 aromatic rings. The Labute approximate surface area is 79.7 Å². The van der Waals surface area contributed by atoms with Crippen LogP contribution in [0.3, 0.4) is 0 Å². The molecule has 0 aromatic heterocycles. The van der Waals surface area contributed by atoms with Crippen molar-refractivity contribution in [2.45, 2.75) is 43.9 Å². The van der Waals surface area contributed by atoms with Crippen LogP contribution < -0.4 is 5.32 Å². The van der Waals surface area contributed by atoms with Gasteiger partial charge in [-0.3, -0.25) is 0 Å². The van der Waals surface area contributed by atoms with Crippen molar-refractivity contribution in [3.63, 3.8) is 0 Å². The summed E-state index contributed by atoms with van der Waals surface area (Å²) in [6.07, 6.45) is 8.78. The number of rotatable bonds is 2. The first-order valence-electron chi connectivity index (χ1n) is 5.30. The molecule has 12 heavy (non-hydrogen) atoms. The number of thioether (sulfide) groups is 1. The molecule has 0 radical (unpaired) electrons. The summed E-state index contributed by atoms with van der Waals surface area (Å²) in [5.74, 6) is 2.43. The van der Waals surface area contributed by atoms with Gasteiger partial charge >= 0.3 is 0 Å². The summed E-state index contributed by atoms with van der Waals surface area (Å²) >= 11 is 2.14. The number of nitrogens with one attached hydrogen (secondary N) is 1. The molecule has 1 saturated heterocycles. The monoisotopic (exact) mass is 185 g/mol. The van der Waals surface area contributed by atoms with E-state index in [1.807, 2.05) is 0 Å². The Balaban J connectivity index is 1.69. The van der Waals surface area contributed by atoms with Gasteiger partial charge in [-0.2, -0.15) is 0 Å². The van der Waals surface area contributed by atoms with Crippen LogP contribution in [0.4, 0.5) is 0 Å². The van der Waals surface area contributed by atoms with Crippen LogP contribution in [-0.4, -0.2) is 17.7 Å². The third kappa shape index (κ3) is 2.40. The summed E-state index contributed by atoms with van der Waals surface area (Å²) < 4.78 is 0. The molecule has 0 aromatic carbocycles. The molecule has 1 N–H and O–H groups in total. The van der Waals surface area contributed by atoms with Crippen LogP contribution in [0.5, 0.6) is 0 Å². The molecule has 1 aliphatic carbocycles. The van der Waals surface area contributed by atoms with Crippen molar-refractivity contribution in [1.82, 2.24) is 5.32 Å². The SMILES string of the molecule is C1CNC(CC2CCCC2)SC1. The van der Waals surface area contributed by atoms with Gasteiger partial charge in [0.05, 0.1) is 5.37 Å². The van der Waals surface area contributed by atoms with Crippen LogP contribution in [0, 0.1) is 5.92 Å². The molecule has 1 unspecified atom stereocenters. The lowest BCUT2D eigenvalue weighted by Crippen LogP contribution is -2.33. The van der Waals surface area contributed by atoms with Gasteiger partial charge in [-0.15, -0.1) is 11.8 Å². The molecule has 2 aliphatic rings. The Hall–Kier alpha value is 0.310. The van der Waals surface area contributed by atoms with Gasteiger partial charge in [0.25, 0.3) is 0 Å². The summed E-state index contributed by atoms with van der Waals surface area (Å²) in [6, 6.07) is 0. The van der Waals surface area contributed by atoms with Crippen molar-refractivity contribution < 1.29 is 0 Å². The first-order chi connectivity index (χ1) is 5.95. The third-order valence-electron chi connectivity index (χ3n) is 3.03. The van der Waals surface area contributed by atoms with Crippen LogP contribution in [0.2, 0.25) is 0 Å². The van der Waals surface area contributed by atoms with E-state index >= 15 is 0 Å². The predicted molar refractivity (Wildman–Crippen MR) is 55.4 cm³/mol. The van der Waals surface area contributed by atoms with Crippen molar-refractivity contribution in [2.24, 2.45) is 5.92 Å². The van der Waals surface area contributed by atoms with Crippen molar-refractivity contribution in [3.8, 4) is 0 Å². The first-order valence-corrected chi connectivity index (χ1v) is 6.35. The molecule has 70 valence electrons. The van der Waals surface area contributed by atoms with Crippen LogP contribution >= 0.6 is 11.8 Å². The molecule has 1 heterocycles. The number of hydrogen-bond acceptors (Lipinski definition) is 2. The van der Waals surface area contributed by atoms with E-state index in [0.29, 0.717) is 0 Å². The van der Waals surface area contributed by atoms with Gasteiger partial charge < -0.3 is 5.32 Å². The Bertz CT molecular complexity index is 126. The quantitative estimate of drug-likeness (QED) is 0.710. The average Bonchev–Trinajstić information content (AvgIpc) is 2.59. The van der Waals surface area contributed by atoms with Crippen molar-refractivity contribution in [2.75, 3.05) is 12.3 Å². The van der Waals surface area contributed by atoms with Gasteiger partial charge in [0.2, 0.25) is 0 Å². The van der Waals surface area contributed by atoms with Gasteiger partial charge in [-0.25, -0.2) is 0 Å². The average molecular weight is 185 g/mol. The van der Waals surface area contributed by atoms with E-state index in [1.54, 1.807) is 0 Å². The lowest BCUT2D eigenvalue weighted by atomic mass is 10.0. The smallest absolute Gasteiger partial charge is 0.0534 e. The Morgan fingerprint density at radius 3 is 2.67 bits per heavy atom. The zero-order chi connectivity index (χ0) is 8.23. The van der Waals surface area contributed by atoms with Crippen LogP contribution in [-0.2, 0) is 0 Å². The molecule has 0 bridgehead atoms. The molecule has 2 heteroatoms. The lowest BCUT2D eigenvalue weighted by molar-refractivity contribution is 0.452. The summed E-state index contributed by atoms with van der Waals surface area (Å²) in [6.45, 7) is 1.25. The van der Waals surface area contributed by atoms with Gasteiger partial charge in [0.15, 0.2) is 0 Å². The van der Waals surface area contributed by atoms with Gasteiger partial charge in [0.1, 0.15) is 0 Å². The highest BCUT2D eigenvalue weighted by Crippen LogP contribution is 2.31. The van der Waals surface area contributed by atoms with Crippen LogP contribution in [0.25, 0.3) is 0 Å². The minimum atomic E-state index is 0.793. The summed E-state index contributed by atoms with van der Waals surface area (Å²) in [5.41, 5.74) is 0. The van der Waals surface area contributed by atoms with Crippen LogP contribution in [0.15, 0.2) is 0 Å². The van der Waals surface area contributed by atoms with Crippen molar-refractivity contribution in [3.05, 3.63) is 0 Å². The maximum Gasteiger partial charge on any atom is 0.0534 e. The Morgan fingerprint density at radius 2 is 2.00 bits per heavy atom.